The quantitative estimate of drug-likeness (QED) is 0.446. The number of fused-ring (bicyclic) bond motifs is 1. The summed E-state index contributed by atoms with van der Waals surface area (Å²) in [6.07, 6.45) is 5.47. The van der Waals surface area contributed by atoms with Crippen molar-refractivity contribution < 1.29 is 24.2 Å². The fourth-order valence-electron chi connectivity index (χ4n) is 5.73. The van der Waals surface area contributed by atoms with Gasteiger partial charge in [0.2, 0.25) is 5.91 Å². The Balaban J connectivity index is 1.50. The van der Waals surface area contributed by atoms with Crippen LogP contribution in [0.25, 0.3) is 0 Å². The fourth-order valence-corrected chi connectivity index (χ4v) is 5.73. The number of aliphatic carboxylic acids is 1. The highest BCUT2D eigenvalue weighted by atomic mass is 16.5. The summed E-state index contributed by atoms with van der Waals surface area (Å²) in [7, 11) is 0. The Morgan fingerprint density at radius 3 is 2.34 bits per heavy atom. The molecule has 1 fully saturated rings. The van der Waals surface area contributed by atoms with Crippen molar-refractivity contribution in [2.75, 3.05) is 18.1 Å². The Bertz CT molecular complexity index is 1150. The molecule has 0 saturated heterocycles. The number of para-hydroxylation sites is 1. The molecule has 2 aliphatic rings. The number of benzene rings is 2. The largest absolute Gasteiger partial charge is 0.494 e. The van der Waals surface area contributed by atoms with Crippen LogP contribution in [0.4, 0.5) is 5.69 Å². The molecule has 0 radical (unpaired) electrons. The minimum atomic E-state index is -0.863. The second kappa shape index (κ2) is 11.6. The van der Waals surface area contributed by atoms with Crippen LogP contribution >= 0.6 is 0 Å². The van der Waals surface area contributed by atoms with E-state index in [0.717, 1.165) is 24.1 Å². The normalized spacial score (nSPS) is 19.6. The molecule has 0 aromatic heterocycles. The van der Waals surface area contributed by atoms with Crippen LogP contribution in [0.15, 0.2) is 48.5 Å². The molecule has 2 aromatic rings. The average molecular weight is 521 g/mol. The van der Waals surface area contributed by atoms with Gasteiger partial charge < -0.3 is 19.6 Å². The van der Waals surface area contributed by atoms with E-state index >= 15 is 0 Å². The van der Waals surface area contributed by atoms with Crippen molar-refractivity contribution in [1.82, 2.24) is 4.90 Å². The molecule has 2 atom stereocenters. The van der Waals surface area contributed by atoms with E-state index in [4.69, 9.17) is 4.74 Å². The van der Waals surface area contributed by atoms with Gasteiger partial charge in [0, 0.05) is 29.9 Å². The van der Waals surface area contributed by atoms with Crippen LogP contribution in [-0.4, -0.2) is 53.0 Å². The van der Waals surface area contributed by atoms with Crippen LogP contribution in [0.2, 0.25) is 0 Å². The molecular formula is C31H40N2O5. The van der Waals surface area contributed by atoms with Crippen molar-refractivity contribution in [3.63, 3.8) is 0 Å². The van der Waals surface area contributed by atoms with Gasteiger partial charge in [-0.15, -0.1) is 0 Å². The van der Waals surface area contributed by atoms with Gasteiger partial charge in [-0.2, -0.15) is 0 Å². The second-order valence-electron chi connectivity index (χ2n) is 11.2. The predicted molar refractivity (Wildman–Crippen MR) is 148 cm³/mol. The first kappa shape index (κ1) is 27.7. The van der Waals surface area contributed by atoms with Crippen LogP contribution in [0.3, 0.4) is 0 Å². The molecule has 7 heteroatoms. The summed E-state index contributed by atoms with van der Waals surface area (Å²) in [4.78, 5) is 42.7. The highest BCUT2D eigenvalue weighted by Crippen LogP contribution is 2.41. The van der Waals surface area contributed by atoms with E-state index in [1.54, 1.807) is 38.1 Å². The maximum absolute atomic E-state index is 13.8. The number of anilines is 1. The number of amides is 2. The van der Waals surface area contributed by atoms with Gasteiger partial charge in [-0.3, -0.25) is 14.4 Å². The second-order valence-corrected chi connectivity index (χ2v) is 11.2. The Morgan fingerprint density at radius 2 is 1.71 bits per heavy atom. The number of carboxylic acids is 1. The molecule has 38 heavy (non-hydrogen) atoms. The Labute approximate surface area is 225 Å². The lowest BCUT2D eigenvalue weighted by Crippen LogP contribution is -2.48. The number of rotatable bonds is 9. The van der Waals surface area contributed by atoms with E-state index in [-0.39, 0.29) is 30.4 Å². The van der Waals surface area contributed by atoms with E-state index in [2.05, 4.69) is 11.8 Å². The van der Waals surface area contributed by atoms with Gasteiger partial charge in [-0.05, 0) is 89.3 Å². The van der Waals surface area contributed by atoms with E-state index in [1.807, 2.05) is 36.1 Å². The standard InChI is InChI=1S/C31H40N2O5/c1-5-32(23-10-6-7-11-23)29(35)26-20-21(2)33(27-13-9-8-12-25(26)27)28(34)22-14-16-24(17-15-22)38-19-18-31(3,4)30(36)37/h8-9,12-17,21,23,26H,5-7,10-11,18-20H2,1-4H3,(H,36,37)/t21-,26+/m0/s1. The van der Waals surface area contributed by atoms with Gasteiger partial charge in [0.15, 0.2) is 0 Å². The topological polar surface area (TPSA) is 87.2 Å². The Morgan fingerprint density at radius 1 is 1.05 bits per heavy atom. The van der Waals surface area contributed by atoms with Crippen molar-refractivity contribution in [2.24, 2.45) is 5.41 Å². The van der Waals surface area contributed by atoms with Crippen molar-refractivity contribution in [3.8, 4) is 5.75 Å². The lowest BCUT2D eigenvalue weighted by Gasteiger charge is -2.41. The molecule has 7 nitrogen and oxygen atoms in total. The minimum Gasteiger partial charge on any atom is -0.494 e. The Kier molecular flexibility index (Phi) is 8.44. The fraction of sp³-hybridized carbons (Fsp3) is 0.516. The zero-order chi connectivity index (χ0) is 27.4. The van der Waals surface area contributed by atoms with Gasteiger partial charge in [-0.1, -0.05) is 31.0 Å². The number of nitrogens with zero attached hydrogens (tertiary/aromatic N) is 2. The smallest absolute Gasteiger partial charge is 0.309 e. The average Bonchev–Trinajstić information content (AvgIpc) is 3.43. The number of carbonyl (C=O) groups is 3. The van der Waals surface area contributed by atoms with Crippen LogP contribution in [-0.2, 0) is 9.59 Å². The molecule has 1 heterocycles. The zero-order valence-corrected chi connectivity index (χ0v) is 23.0. The SMILES string of the molecule is CCN(C(=O)[C@@H]1C[C@H](C)N(C(=O)c2ccc(OCCC(C)(C)C(=O)O)cc2)c2ccccc21)C1CCCC1. The molecule has 2 aromatic carbocycles. The highest BCUT2D eigenvalue weighted by molar-refractivity contribution is 6.08. The molecule has 2 amide bonds. The highest BCUT2D eigenvalue weighted by Gasteiger charge is 2.40. The number of likely N-dealkylation sites (N-methyl/N-ethyl adjacent to an activating group) is 1. The monoisotopic (exact) mass is 520 g/mol. The summed E-state index contributed by atoms with van der Waals surface area (Å²) >= 11 is 0. The van der Waals surface area contributed by atoms with Crippen LogP contribution < -0.4 is 9.64 Å². The molecule has 1 N–H and O–H groups in total. The van der Waals surface area contributed by atoms with E-state index in [9.17, 15) is 19.5 Å². The van der Waals surface area contributed by atoms with Crippen molar-refractivity contribution in [3.05, 3.63) is 59.7 Å². The number of hydrogen-bond donors (Lipinski definition) is 1. The van der Waals surface area contributed by atoms with Gasteiger partial charge >= 0.3 is 5.97 Å². The van der Waals surface area contributed by atoms with Crippen LogP contribution in [0.1, 0.15) is 88.1 Å². The van der Waals surface area contributed by atoms with Crippen molar-refractivity contribution in [1.29, 1.82) is 0 Å². The van der Waals surface area contributed by atoms with Gasteiger partial charge in [-0.25, -0.2) is 0 Å². The first-order valence-electron chi connectivity index (χ1n) is 13.8. The zero-order valence-electron chi connectivity index (χ0n) is 23.0. The van der Waals surface area contributed by atoms with E-state index in [0.29, 0.717) is 36.7 Å². The summed E-state index contributed by atoms with van der Waals surface area (Å²) in [6.45, 7) is 8.40. The lowest BCUT2D eigenvalue weighted by molar-refractivity contribution is -0.147. The number of carboxylic acid groups (broad SMARTS) is 1. The Hall–Kier alpha value is -3.35. The first-order valence-corrected chi connectivity index (χ1v) is 13.8. The third kappa shape index (κ3) is 5.71. The molecular weight excluding hydrogens is 480 g/mol. The first-order chi connectivity index (χ1) is 18.1. The molecule has 0 spiro atoms. The van der Waals surface area contributed by atoms with E-state index in [1.165, 1.54) is 12.8 Å². The molecule has 0 unspecified atom stereocenters. The predicted octanol–water partition coefficient (Wildman–Crippen LogP) is 5.88. The number of ether oxygens (including phenoxy) is 1. The van der Waals surface area contributed by atoms with Crippen LogP contribution in [0.5, 0.6) is 5.75 Å². The molecule has 204 valence electrons. The maximum atomic E-state index is 13.8. The number of carbonyl (C=O) groups excluding carboxylic acids is 2. The minimum absolute atomic E-state index is 0.113. The molecule has 1 aliphatic carbocycles. The summed E-state index contributed by atoms with van der Waals surface area (Å²) in [6, 6.07) is 15.0. The third-order valence-electron chi connectivity index (χ3n) is 8.17. The molecule has 4 rings (SSSR count). The summed E-state index contributed by atoms with van der Waals surface area (Å²) in [5, 5.41) is 9.27. The van der Waals surface area contributed by atoms with Crippen LogP contribution in [0, 0.1) is 5.41 Å². The third-order valence-corrected chi connectivity index (χ3v) is 8.17. The maximum Gasteiger partial charge on any atom is 0.309 e. The molecule has 1 aliphatic heterocycles. The summed E-state index contributed by atoms with van der Waals surface area (Å²) < 4.78 is 5.73. The summed E-state index contributed by atoms with van der Waals surface area (Å²) in [5.74, 6) is -0.456. The van der Waals surface area contributed by atoms with Gasteiger partial charge in [0.05, 0.1) is 17.9 Å². The van der Waals surface area contributed by atoms with Gasteiger partial charge in [0.25, 0.3) is 5.91 Å². The van der Waals surface area contributed by atoms with Crippen molar-refractivity contribution in [2.45, 2.75) is 84.2 Å². The lowest BCUT2D eigenvalue weighted by atomic mass is 9.84. The van der Waals surface area contributed by atoms with E-state index < -0.39 is 11.4 Å². The van der Waals surface area contributed by atoms with Gasteiger partial charge in [0.1, 0.15) is 5.75 Å². The van der Waals surface area contributed by atoms with Crippen molar-refractivity contribution >= 4 is 23.5 Å². The molecule has 1 saturated carbocycles. The summed E-state index contributed by atoms with van der Waals surface area (Å²) in [5.41, 5.74) is 1.39. The molecule has 0 bridgehead atoms. The number of hydrogen-bond acceptors (Lipinski definition) is 4.